The highest BCUT2D eigenvalue weighted by Gasteiger charge is 2.25. The van der Waals surface area contributed by atoms with Crippen molar-refractivity contribution >= 4 is 49.8 Å². The van der Waals surface area contributed by atoms with E-state index in [2.05, 4.69) is 10.3 Å². The molecule has 4 heterocycles. The molecule has 9 heteroatoms. The highest BCUT2D eigenvalue weighted by molar-refractivity contribution is 7.21. The van der Waals surface area contributed by atoms with Crippen molar-refractivity contribution in [3.63, 3.8) is 0 Å². The fraction of sp³-hybridized carbons (Fsp3) is 0.318. The lowest BCUT2D eigenvalue weighted by atomic mass is 10.0. The van der Waals surface area contributed by atoms with Crippen LogP contribution in [0.4, 0.5) is 0 Å². The van der Waals surface area contributed by atoms with E-state index in [-0.39, 0.29) is 17.9 Å². The highest BCUT2D eigenvalue weighted by atomic mass is 32.1. The molecular formula is C22H22N4O3S2. The van der Waals surface area contributed by atoms with Gasteiger partial charge in [-0.2, -0.15) is 0 Å². The molecule has 5 rings (SSSR count). The van der Waals surface area contributed by atoms with E-state index >= 15 is 0 Å². The van der Waals surface area contributed by atoms with Gasteiger partial charge >= 0.3 is 0 Å². The average Bonchev–Trinajstić information content (AvgIpc) is 3.47. The molecule has 3 aromatic heterocycles. The van der Waals surface area contributed by atoms with Gasteiger partial charge in [0.05, 0.1) is 23.9 Å². The predicted molar refractivity (Wildman–Crippen MR) is 122 cm³/mol. The summed E-state index contributed by atoms with van der Waals surface area (Å²) in [6, 6.07) is 9.59. The average molecular weight is 455 g/mol. The first-order valence-electron chi connectivity index (χ1n) is 10.2. The Morgan fingerprint density at radius 1 is 1.26 bits per heavy atom. The molecule has 0 saturated carbocycles. The number of imidazole rings is 1. The zero-order valence-corrected chi connectivity index (χ0v) is 18.7. The van der Waals surface area contributed by atoms with Crippen LogP contribution in [0.1, 0.15) is 28.1 Å². The Labute approximate surface area is 187 Å². The van der Waals surface area contributed by atoms with Crippen LogP contribution in [0.2, 0.25) is 0 Å². The standard InChI is InChI=1S/C22H22N4O3S2/c1-29-17-5-3-2-4-14(17)12-19(27)25-8-6-15(7-9-25)23-20(28)18-13-16-21(31-18)24-22-26(16)10-11-30-22/h2-5,10-11,13,15H,6-9,12H2,1H3,(H,23,28). The lowest BCUT2D eigenvalue weighted by Gasteiger charge is -2.32. The molecule has 1 fully saturated rings. The monoisotopic (exact) mass is 454 g/mol. The summed E-state index contributed by atoms with van der Waals surface area (Å²) in [7, 11) is 1.62. The first-order chi connectivity index (χ1) is 15.1. The number of fused-ring (bicyclic) bond motifs is 3. The number of rotatable bonds is 5. The lowest BCUT2D eigenvalue weighted by Crippen LogP contribution is -2.46. The number of hydrogen-bond acceptors (Lipinski definition) is 6. The molecule has 1 aliphatic heterocycles. The van der Waals surface area contributed by atoms with Crippen LogP contribution >= 0.6 is 22.7 Å². The summed E-state index contributed by atoms with van der Waals surface area (Å²) in [6.45, 7) is 1.28. The normalized spacial score (nSPS) is 14.9. The Morgan fingerprint density at radius 3 is 2.87 bits per heavy atom. The molecule has 0 bridgehead atoms. The number of thiophene rings is 1. The van der Waals surface area contributed by atoms with Crippen LogP contribution in [0.25, 0.3) is 15.3 Å². The maximum atomic E-state index is 12.8. The molecule has 2 amide bonds. The van der Waals surface area contributed by atoms with Gasteiger partial charge in [-0.05, 0) is 25.0 Å². The Balaban J connectivity index is 1.17. The molecule has 31 heavy (non-hydrogen) atoms. The second-order valence-corrected chi connectivity index (χ2v) is 9.49. The Morgan fingerprint density at radius 2 is 2.06 bits per heavy atom. The Hall–Kier alpha value is -2.91. The summed E-state index contributed by atoms with van der Waals surface area (Å²) in [4.78, 5) is 34.4. The van der Waals surface area contributed by atoms with Gasteiger partial charge in [0.25, 0.3) is 5.91 Å². The van der Waals surface area contributed by atoms with E-state index in [4.69, 9.17) is 4.74 Å². The van der Waals surface area contributed by atoms with Crippen LogP contribution in [-0.4, -0.2) is 52.3 Å². The van der Waals surface area contributed by atoms with Gasteiger partial charge in [-0.3, -0.25) is 14.0 Å². The van der Waals surface area contributed by atoms with Crippen molar-refractivity contribution in [3.05, 3.63) is 52.3 Å². The molecular weight excluding hydrogens is 432 g/mol. The van der Waals surface area contributed by atoms with E-state index in [0.717, 1.165) is 39.5 Å². The number of carbonyl (C=O) groups excluding carboxylic acids is 2. The van der Waals surface area contributed by atoms with Gasteiger partial charge in [0, 0.05) is 36.3 Å². The van der Waals surface area contributed by atoms with Gasteiger partial charge in [0.15, 0.2) is 4.96 Å². The number of methoxy groups -OCH3 is 1. The molecule has 1 aliphatic rings. The van der Waals surface area contributed by atoms with Crippen molar-refractivity contribution in [3.8, 4) is 5.75 Å². The number of piperidine rings is 1. The number of para-hydroxylation sites is 1. The Bertz CT molecular complexity index is 1250. The maximum Gasteiger partial charge on any atom is 0.261 e. The first kappa shape index (κ1) is 20.0. The third-order valence-electron chi connectivity index (χ3n) is 5.68. The van der Waals surface area contributed by atoms with Crippen molar-refractivity contribution < 1.29 is 14.3 Å². The third-order valence-corrected chi connectivity index (χ3v) is 7.45. The molecule has 7 nitrogen and oxygen atoms in total. The second kappa shape index (κ2) is 8.32. The number of benzene rings is 1. The number of nitrogens with one attached hydrogen (secondary N) is 1. The smallest absolute Gasteiger partial charge is 0.261 e. The third kappa shape index (κ3) is 3.90. The summed E-state index contributed by atoms with van der Waals surface area (Å²) in [5.74, 6) is 0.764. The van der Waals surface area contributed by atoms with E-state index < -0.39 is 0 Å². The minimum Gasteiger partial charge on any atom is -0.496 e. The largest absolute Gasteiger partial charge is 0.496 e. The molecule has 0 aliphatic carbocycles. The minimum atomic E-state index is -0.0641. The number of nitrogens with zero attached hydrogens (tertiary/aromatic N) is 3. The fourth-order valence-electron chi connectivity index (χ4n) is 4.01. The molecule has 0 atom stereocenters. The van der Waals surface area contributed by atoms with Crippen molar-refractivity contribution in [1.82, 2.24) is 19.6 Å². The molecule has 4 aromatic rings. The topological polar surface area (TPSA) is 75.9 Å². The van der Waals surface area contributed by atoms with Crippen LogP contribution in [0.3, 0.4) is 0 Å². The first-order valence-corrected chi connectivity index (χ1v) is 11.9. The van der Waals surface area contributed by atoms with E-state index in [0.29, 0.717) is 24.4 Å². The summed E-state index contributed by atoms with van der Waals surface area (Å²) in [5, 5.41) is 5.12. The number of ether oxygens (including phenoxy) is 1. The minimum absolute atomic E-state index is 0.0641. The van der Waals surface area contributed by atoms with Crippen LogP contribution < -0.4 is 10.1 Å². The number of amides is 2. The van der Waals surface area contributed by atoms with Crippen LogP contribution in [0, 0.1) is 0 Å². The van der Waals surface area contributed by atoms with E-state index in [9.17, 15) is 9.59 Å². The van der Waals surface area contributed by atoms with Crippen LogP contribution in [0.15, 0.2) is 41.9 Å². The lowest BCUT2D eigenvalue weighted by molar-refractivity contribution is -0.131. The number of likely N-dealkylation sites (tertiary alicyclic amines) is 1. The number of hydrogen-bond donors (Lipinski definition) is 1. The zero-order valence-electron chi connectivity index (χ0n) is 17.0. The van der Waals surface area contributed by atoms with E-state index in [1.807, 2.05) is 51.2 Å². The Kier molecular flexibility index (Phi) is 5.37. The van der Waals surface area contributed by atoms with E-state index in [1.165, 1.54) is 11.3 Å². The van der Waals surface area contributed by atoms with Crippen molar-refractivity contribution in [1.29, 1.82) is 0 Å². The van der Waals surface area contributed by atoms with Gasteiger partial charge in [0.2, 0.25) is 5.91 Å². The second-order valence-electron chi connectivity index (χ2n) is 7.59. The number of carbonyl (C=O) groups is 2. The predicted octanol–water partition coefficient (Wildman–Crippen LogP) is 3.58. The van der Waals surface area contributed by atoms with Crippen LogP contribution in [-0.2, 0) is 11.2 Å². The molecule has 1 N–H and O–H groups in total. The molecule has 160 valence electrons. The quantitative estimate of drug-likeness (QED) is 0.500. The van der Waals surface area contributed by atoms with Gasteiger partial charge < -0.3 is 15.0 Å². The molecule has 1 aromatic carbocycles. The number of thiazole rings is 1. The fourth-order valence-corrected chi connectivity index (χ4v) is 5.72. The van der Waals surface area contributed by atoms with Crippen molar-refractivity contribution in [2.75, 3.05) is 20.2 Å². The van der Waals surface area contributed by atoms with Gasteiger partial charge in [-0.1, -0.05) is 18.2 Å². The van der Waals surface area contributed by atoms with Gasteiger partial charge in [0.1, 0.15) is 10.6 Å². The van der Waals surface area contributed by atoms with Crippen LogP contribution in [0.5, 0.6) is 5.75 Å². The summed E-state index contributed by atoms with van der Waals surface area (Å²) in [5.41, 5.74) is 1.87. The molecule has 1 saturated heterocycles. The molecule has 0 radical (unpaired) electrons. The van der Waals surface area contributed by atoms with Crippen molar-refractivity contribution in [2.24, 2.45) is 0 Å². The SMILES string of the molecule is COc1ccccc1CC(=O)N1CCC(NC(=O)c2cc3c(nc4sccn43)s2)CC1. The number of aromatic nitrogens is 2. The van der Waals surface area contributed by atoms with Gasteiger partial charge in [-0.25, -0.2) is 4.98 Å². The molecule has 0 unspecified atom stereocenters. The summed E-state index contributed by atoms with van der Waals surface area (Å²) >= 11 is 3.00. The maximum absolute atomic E-state index is 12.8. The summed E-state index contributed by atoms with van der Waals surface area (Å²) < 4.78 is 7.36. The zero-order chi connectivity index (χ0) is 21.4. The molecule has 0 spiro atoms. The van der Waals surface area contributed by atoms with E-state index in [1.54, 1.807) is 18.4 Å². The van der Waals surface area contributed by atoms with Crippen molar-refractivity contribution in [2.45, 2.75) is 25.3 Å². The highest BCUT2D eigenvalue weighted by Crippen LogP contribution is 2.28. The summed E-state index contributed by atoms with van der Waals surface area (Å²) in [6.07, 6.45) is 3.81. The van der Waals surface area contributed by atoms with Gasteiger partial charge in [-0.15, -0.1) is 22.7 Å².